The molecule has 0 atom stereocenters. The van der Waals surface area contributed by atoms with E-state index in [0.717, 1.165) is 22.6 Å². The van der Waals surface area contributed by atoms with Crippen molar-refractivity contribution in [3.05, 3.63) is 88.7 Å². The van der Waals surface area contributed by atoms with Crippen LogP contribution in [0.3, 0.4) is 0 Å². The van der Waals surface area contributed by atoms with Gasteiger partial charge in [0.25, 0.3) is 0 Å². The van der Waals surface area contributed by atoms with Gasteiger partial charge in [0.2, 0.25) is 0 Å². The molecule has 0 aliphatic carbocycles. The summed E-state index contributed by atoms with van der Waals surface area (Å²) in [7, 11) is 0. The molecule has 3 aromatic carbocycles. The van der Waals surface area contributed by atoms with Gasteiger partial charge in [-0.05, 0) is 42.5 Å². The van der Waals surface area contributed by atoms with E-state index >= 15 is 0 Å². The number of imidazole rings is 1. The van der Waals surface area contributed by atoms with Crippen molar-refractivity contribution in [1.29, 1.82) is 0 Å². The van der Waals surface area contributed by atoms with Crippen LogP contribution in [-0.4, -0.2) is 16.2 Å². The third-order valence-corrected chi connectivity index (χ3v) is 4.84. The lowest BCUT2D eigenvalue weighted by Crippen LogP contribution is -2.13. The van der Waals surface area contributed by atoms with Crippen LogP contribution in [0.1, 0.15) is 5.82 Å². The molecule has 0 N–H and O–H groups in total. The van der Waals surface area contributed by atoms with Crippen LogP contribution >= 0.6 is 23.2 Å². The molecule has 4 rings (SSSR count). The van der Waals surface area contributed by atoms with Gasteiger partial charge in [-0.3, -0.25) is 0 Å². The van der Waals surface area contributed by atoms with E-state index in [1.165, 1.54) is 0 Å². The Hall–Kier alpha value is -2.69. The Morgan fingerprint density at radius 2 is 1.64 bits per heavy atom. The molecule has 0 aliphatic rings. The van der Waals surface area contributed by atoms with E-state index in [-0.39, 0.29) is 0 Å². The summed E-state index contributed by atoms with van der Waals surface area (Å²) in [4.78, 5) is 4.71. The molecule has 0 spiro atoms. The summed E-state index contributed by atoms with van der Waals surface area (Å²) in [5.41, 5.74) is 1.96. The number of rotatable bonds is 7. The van der Waals surface area contributed by atoms with Crippen LogP contribution in [0.4, 0.5) is 0 Å². The summed E-state index contributed by atoms with van der Waals surface area (Å²) in [5.74, 6) is 2.23. The van der Waals surface area contributed by atoms with Crippen molar-refractivity contribution in [2.45, 2.75) is 13.2 Å². The number of aromatic nitrogens is 2. The molecular weight excluding hydrogens is 395 g/mol. The Kier molecular flexibility index (Phi) is 5.70. The number of ether oxygens (including phenoxy) is 2. The molecule has 1 heterocycles. The Bertz CT molecular complexity index is 1080. The molecule has 28 heavy (non-hydrogen) atoms. The molecule has 0 amide bonds. The van der Waals surface area contributed by atoms with E-state index in [1.807, 2.05) is 54.6 Å². The van der Waals surface area contributed by atoms with Crippen molar-refractivity contribution in [3.63, 3.8) is 0 Å². The monoisotopic (exact) mass is 412 g/mol. The molecular formula is C22H18Cl2N2O2. The molecule has 6 heteroatoms. The quantitative estimate of drug-likeness (QED) is 0.373. The molecule has 0 saturated carbocycles. The highest BCUT2D eigenvalue weighted by Crippen LogP contribution is 2.28. The SMILES string of the molecule is Clc1ccc(OCc2nc3ccccc3n2CCOc2ccccc2)c(Cl)c1. The predicted molar refractivity (Wildman–Crippen MR) is 112 cm³/mol. The van der Waals surface area contributed by atoms with Gasteiger partial charge in [0.15, 0.2) is 0 Å². The van der Waals surface area contributed by atoms with E-state index in [4.69, 9.17) is 37.7 Å². The van der Waals surface area contributed by atoms with Crippen molar-refractivity contribution in [2.24, 2.45) is 0 Å². The highest BCUT2D eigenvalue weighted by molar-refractivity contribution is 6.35. The Labute approximate surface area is 173 Å². The summed E-state index contributed by atoms with van der Waals surface area (Å²) in [6.07, 6.45) is 0. The zero-order valence-corrected chi connectivity index (χ0v) is 16.5. The largest absolute Gasteiger partial charge is 0.492 e. The second-order valence-corrected chi connectivity index (χ2v) is 7.04. The van der Waals surface area contributed by atoms with Crippen LogP contribution < -0.4 is 9.47 Å². The number of hydrogen-bond acceptors (Lipinski definition) is 3. The molecule has 0 unspecified atom stereocenters. The first-order chi connectivity index (χ1) is 13.7. The number of fused-ring (bicyclic) bond motifs is 1. The molecule has 4 aromatic rings. The fourth-order valence-corrected chi connectivity index (χ4v) is 3.45. The molecule has 0 aliphatic heterocycles. The normalized spacial score (nSPS) is 10.9. The fourth-order valence-electron chi connectivity index (χ4n) is 2.99. The average molecular weight is 413 g/mol. The van der Waals surface area contributed by atoms with Gasteiger partial charge in [-0.1, -0.05) is 53.5 Å². The zero-order chi connectivity index (χ0) is 19.3. The van der Waals surface area contributed by atoms with Crippen molar-refractivity contribution in [3.8, 4) is 11.5 Å². The second-order valence-electron chi connectivity index (χ2n) is 6.19. The van der Waals surface area contributed by atoms with E-state index in [0.29, 0.717) is 35.6 Å². The predicted octanol–water partition coefficient (Wildman–Crippen LogP) is 6.00. The van der Waals surface area contributed by atoms with Crippen LogP contribution in [0, 0.1) is 0 Å². The summed E-state index contributed by atoms with van der Waals surface area (Å²) in [6.45, 7) is 1.48. The Morgan fingerprint density at radius 3 is 2.46 bits per heavy atom. The summed E-state index contributed by atoms with van der Waals surface area (Å²) < 4.78 is 13.9. The van der Waals surface area contributed by atoms with E-state index < -0.39 is 0 Å². The van der Waals surface area contributed by atoms with E-state index in [9.17, 15) is 0 Å². The summed E-state index contributed by atoms with van der Waals surface area (Å²) in [6, 6.07) is 22.9. The van der Waals surface area contributed by atoms with Gasteiger partial charge in [-0.15, -0.1) is 0 Å². The number of para-hydroxylation sites is 3. The molecule has 0 radical (unpaired) electrons. The first-order valence-electron chi connectivity index (χ1n) is 8.90. The van der Waals surface area contributed by atoms with Gasteiger partial charge >= 0.3 is 0 Å². The van der Waals surface area contributed by atoms with Gasteiger partial charge in [-0.2, -0.15) is 0 Å². The van der Waals surface area contributed by atoms with Crippen LogP contribution in [0.5, 0.6) is 11.5 Å². The third kappa shape index (κ3) is 4.24. The lowest BCUT2D eigenvalue weighted by atomic mass is 10.3. The van der Waals surface area contributed by atoms with E-state index in [2.05, 4.69) is 4.57 Å². The minimum Gasteiger partial charge on any atom is -0.492 e. The van der Waals surface area contributed by atoms with Gasteiger partial charge in [0.05, 0.1) is 22.6 Å². The highest BCUT2D eigenvalue weighted by atomic mass is 35.5. The van der Waals surface area contributed by atoms with Gasteiger partial charge in [0, 0.05) is 5.02 Å². The second kappa shape index (κ2) is 8.55. The average Bonchev–Trinajstić information content (AvgIpc) is 3.06. The van der Waals surface area contributed by atoms with Crippen LogP contribution in [-0.2, 0) is 13.2 Å². The third-order valence-electron chi connectivity index (χ3n) is 4.31. The fraction of sp³-hybridized carbons (Fsp3) is 0.136. The van der Waals surface area contributed by atoms with Crippen LogP contribution in [0.2, 0.25) is 10.0 Å². The number of hydrogen-bond donors (Lipinski definition) is 0. The van der Waals surface area contributed by atoms with Gasteiger partial charge in [0.1, 0.15) is 30.5 Å². The maximum absolute atomic E-state index is 6.21. The van der Waals surface area contributed by atoms with Crippen molar-refractivity contribution < 1.29 is 9.47 Å². The van der Waals surface area contributed by atoms with Gasteiger partial charge in [-0.25, -0.2) is 4.98 Å². The highest BCUT2D eigenvalue weighted by Gasteiger charge is 2.12. The van der Waals surface area contributed by atoms with Gasteiger partial charge < -0.3 is 14.0 Å². The summed E-state index contributed by atoms with van der Waals surface area (Å²) in [5, 5.41) is 1.05. The maximum atomic E-state index is 6.21. The standard InChI is InChI=1S/C22H18Cl2N2O2/c23-16-10-11-21(18(24)14-16)28-15-22-25-19-8-4-5-9-20(19)26(22)12-13-27-17-6-2-1-3-7-17/h1-11,14H,12-13,15H2. The lowest BCUT2D eigenvalue weighted by Gasteiger charge is -2.12. The smallest absolute Gasteiger partial charge is 0.148 e. The Morgan fingerprint density at radius 1 is 0.857 bits per heavy atom. The molecule has 0 saturated heterocycles. The maximum Gasteiger partial charge on any atom is 0.148 e. The zero-order valence-electron chi connectivity index (χ0n) is 15.0. The van der Waals surface area contributed by atoms with E-state index in [1.54, 1.807) is 18.2 Å². The van der Waals surface area contributed by atoms with Crippen LogP contribution in [0.25, 0.3) is 11.0 Å². The molecule has 0 fully saturated rings. The number of benzene rings is 3. The lowest BCUT2D eigenvalue weighted by molar-refractivity contribution is 0.272. The first kappa shape index (κ1) is 18.7. The minimum atomic E-state index is 0.293. The molecule has 142 valence electrons. The number of halogens is 2. The number of nitrogens with zero attached hydrogens (tertiary/aromatic N) is 2. The Balaban J connectivity index is 1.52. The van der Waals surface area contributed by atoms with Crippen molar-refractivity contribution in [1.82, 2.24) is 9.55 Å². The topological polar surface area (TPSA) is 36.3 Å². The molecule has 0 bridgehead atoms. The van der Waals surface area contributed by atoms with Crippen molar-refractivity contribution in [2.75, 3.05) is 6.61 Å². The summed E-state index contributed by atoms with van der Waals surface area (Å²) >= 11 is 12.2. The van der Waals surface area contributed by atoms with Crippen LogP contribution in [0.15, 0.2) is 72.8 Å². The van der Waals surface area contributed by atoms with Crippen molar-refractivity contribution >= 4 is 34.2 Å². The molecule has 4 nitrogen and oxygen atoms in total. The molecule has 1 aromatic heterocycles. The first-order valence-corrected chi connectivity index (χ1v) is 9.66. The minimum absolute atomic E-state index is 0.293.